The van der Waals surface area contributed by atoms with Crippen LogP contribution in [0, 0.1) is 0 Å². The number of likely N-dealkylation sites (N-methyl/N-ethyl adjacent to an activating group) is 1. The summed E-state index contributed by atoms with van der Waals surface area (Å²) in [6, 6.07) is 10.6. The molecule has 3 heteroatoms. The number of nitrogens with zero attached hydrogens (tertiary/aromatic N) is 1. The minimum Gasteiger partial charge on any atom is -0.326 e. The molecule has 0 fully saturated rings. The van der Waals surface area contributed by atoms with Crippen molar-refractivity contribution in [2.45, 2.75) is 12.5 Å². The molecule has 0 aromatic heterocycles. The summed E-state index contributed by atoms with van der Waals surface area (Å²) in [5.74, 6) is 0. The first-order valence-corrected chi connectivity index (χ1v) is 4.62. The van der Waals surface area contributed by atoms with E-state index in [1.165, 1.54) is 5.56 Å². The van der Waals surface area contributed by atoms with E-state index in [1.54, 1.807) is 0 Å². The van der Waals surface area contributed by atoms with Crippen LogP contribution in [0.5, 0.6) is 0 Å². The highest BCUT2D eigenvalue weighted by atomic mass is 35.5. The highest BCUT2D eigenvalue weighted by Crippen LogP contribution is 2.01. The van der Waals surface area contributed by atoms with Gasteiger partial charge in [-0.15, -0.1) is 12.4 Å². The fourth-order valence-electron chi connectivity index (χ4n) is 1.45. The average Bonchev–Trinajstić information content (AvgIpc) is 2.04. The van der Waals surface area contributed by atoms with Gasteiger partial charge < -0.3 is 10.6 Å². The molecule has 2 nitrogen and oxygen atoms in total. The summed E-state index contributed by atoms with van der Waals surface area (Å²) in [6.07, 6.45) is 0.957. The van der Waals surface area contributed by atoms with Gasteiger partial charge in [0, 0.05) is 12.6 Å². The molecule has 14 heavy (non-hydrogen) atoms. The molecule has 0 saturated carbocycles. The van der Waals surface area contributed by atoms with Crippen LogP contribution in [-0.2, 0) is 6.42 Å². The summed E-state index contributed by atoms with van der Waals surface area (Å²) in [6.45, 7) is 0.939. The lowest BCUT2D eigenvalue weighted by atomic mass is 10.1. The average molecular weight is 215 g/mol. The molecule has 2 N–H and O–H groups in total. The van der Waals surface area contributed by atoms with Gasteiger partial charge in [-0.05, 0) is 26.1 Å². The highest BCUT2D eigenvalue weighted by Gasteiger charge is 2.04. The minimum atomic E-state index is 0. The molecule has 0 aliphatic rings. The van der Waals surface area contributed by atoms with Gasteiger partial charge in [-0.3, -0.25) is 0 Å². The van der Waals surface area contributed by atoms with Gasteiger partial charge in [0.05, 0.1) is 0 Å². The van der Waals surface area contributed by atoms with Gasteiger partial charge in [-0.1, -0.05) is 30.3 Å². The molecule has 0 heterocycles. The molecule has 1 unspecified atom stereocenters. The van der Waals surface area contributed by atoms with Crippen molar-refractivity contribution in [1.82, 2.24) is 4.90 Å². The van der Waals surface area contributed by atoms with Crippen molar-refractivity contribution in [2.24, 2.45) is 5.73 Å². The summed E-state index contributed by atoms with van der Waals surface area (Å²) in [5, 5.41) is 0. The zero-order chi connectivity index (χ0) is 9.68. The Labute approximate surface area is 92.5 Å². The molecular weight excluding hydrogens is 196 g/mol. The van der Waals surface area contributed by atoms with E-state index in [2.05, 4.69) is 29.2 Å². The Balaban J connectivity index is 0.00000169. The van der Waals surface area contributed by atoms with E-state index in [1.807, 2.05) is 20.2 Å². The lowest BCUT2D eigenvalue weighted by Crippen LogP contribution is -2.34. The van der Waals surface area contributed by atoms with Crippen LogP contribution < -0.4 is 5.73 Å². The van der Waals surface area contributed by atoms with Crippen LogP contribution in [0.1, 0.15) is 5.56 Å². The molecule has 0 radical (unpaired) electrons. The Bertz CT molecular complexity index is 236. The Morgan fingerprint density at radius 2 is 1.79 bits per heavy atom. The third kappa shape index (κ3) is 5.22. The summed E-state index contributed by atoms with van der Waals surface area (Å²) >= 11 is 0. The summed E-state index contributed by atoms with van der Waals surface area (Å²) in [7, 11) is 4.09. The largest absolute Gasteiger partial charge is 0.326 e. The Hall–Kier alpha value is -0.570. The lowest BCUT2D eigenvalue weighted by Gasteiger charge is -2.16. The fourth-order valence-corrected chi connectivity index (χ4v) is 1.45. The molecule has 1 aromatic rings. The molecule has 1 atom stereocenters. The van der Waals surface area contributed by atoms with Gasteiger partial charge >= 0.3 is 0 Å². The van der Waals surface area contributed by atoms with Gasteiger partial charge in [0.2, 0.25) is 0 Å². The Morgan fingerprint density at radius 1 is 1.21 bits per heavy atom. The van der Waals surface area contributed by atoms with Crippen molar-refractivity contribution in [2.75, 3.05) is 20.6 Å². The number of nitrogens with two attached hydrogens (primary N) is 1. The van der Waals surface area contributed by atoms with E-state index in [9.17, 15) is 0 Å². The van der Waals surface area contributed by atoms with E-state index >= 15 is 0 Å². The smallest absolute Gasteiger partial charge is 0.0208 e. The third-order valence-corrected chi connectivity index (χ3v) is 1.94. The fraction of sp³-hybridized carbons (Fsp3) is 0.455. The lowest BCUT2D eigenvalue weighted by molar-refractivity contribution is 0.371. The Kier molecular flexibility index (Phi) is 6.54. The highest BCUT2D eigenvalue weighted by molar-refractivity contribution is 5.85. The molecule has 0 saturated heterocycles. The van der Waals surface area contributed by atoms with E-state index in [0.717, 1.165) is 13.0 Å². The van der Waals surface area contributed by atoms with Gasteiger partial charge in [-0.25, -0.2) is 0 Å². The number of hydrogen-bond acceptors (Lipinski definition) is 2. The van der Waals surface area contributed by atoms with E-state index in [-0.39, 0.29) is 18.4 Å². The van der Waals surface area contributed by atoms with Gasteiger partial charge in [0.25, 0.3) is 0 Å². The Morgan fingerprint density at radius 3 is 2.29 bits per heavy atom. The summed E-state index contributed by atoms with van der Waals surface area (Å²) < 4.78 is 0. The second-order valence-corrected chi connectivity index (χ2v) is 3.71. The molecule has 1 rings (SSSR count). The zero-order valence-electron chi connectivity index (χ0n) is 8.81. The van der Waals surface area contributed by atoms with E-state index < -0.39 is 0 Å². The van der Waals surface area contributed by atoms with Crippen LogP contribution in [0.4, 0.5) is 0 Å². The van der Waals surface area contributed by atoms with Gasteiger partial charge in [-0.2, -0.15) is 0 Å². The van der Waals surface area contributed by atoms with Crippen LogP contribution in [0.25, 0.3) is 0 Å². The maximum atomic E-state index is 5.96. The van der Waals surface area contributed by atoms with E-state index in [0.29, 0.717) is 0 Å². The molecule has 80 valence electrons. The summed E-state index contributed by atoms with van der Waals surface area (Å²) in [5.41, 5.74) is 7.28. The predicted molar refractivity (Wildman–Crippen MR) is 63.9 cm³/mol. The molecule has 0 aliphatic heterocycles. The van der Waals surface area contributed by atoms with Gasteiger partial charge in [0.15, 0.2) is 0 Å². The molecular formula is C11H19ClN2. The quantitative estimate of drug-likeness (QED) is 0.824. The standard InChI is InChI=1S/C11H18N2.ClH/c1-13(2)9-11(12)8-10-6-4-3-5-7-10;/h3-7,11H,8-9,12H2,1-2H3;1H. The number of hydrogen-bond donors (Lipinski definition) is 1. The van der Waals surface area contributed by atoms with Crippen LogP contribution in [0.3, 0.4) is 0 Å². The number of rotatable bonds is 4. The molecule has 0 bridgehead atoms. The topological polar surface area (TPSA) is 29.3 Å². The third-order valence-electron chi connectivity index (χ3n) is 1.94. The molecule has 0 amide bonds. The zero-order valence-corrected chi connectivity index (χ0v) is 9.63. The molecule has 0 aliphatic carbocycles. The SMILES string of the molecule is CN(C)CC(N)Cc1ccccc1.Cl. The van der Waals surface area contributed by atoms with Crippen LogP contribution in [0.2, 0.25) is 0 Å². The number of halogens is 1. The minimum absolute atomic E-state index is 0. The van der Waals surface area contributed by atoms with Crippen LogP contribution in [0.15, 0.2) is 30.3 Å². The normalized spacial score (nSPS) is 12.3. The molecule has 0 spiro atoms. The van der Waals surface area contributed by atoms with Crippen molar-refractivity contribution in [1.29, 1.82) is 0 Å². The van der Waals surface area contributed by atoms with Crippen LogP contribution in [-0.4, -0.2) is 31.6 Å². The second-order valence-electron chi connectivity index (χ2n) is 3.71. The van der Waals surface area contributed by atoms with Gasteiger partial charge in [0.1, 0.15) is 0 Å². The monoisotopic (exact) mass is 214 g/mol. The molecule has 1 aromatic carbocycles. The first-order valence-electron chi connectivity index (χ1n) is 4.62. The van der Waals surface area contributed by atoms with Crippen molar-refractivity contribution in [3.05, 3.63) is 35.9 Å². The van der Waals surface area contributed by atoms with Crippen molar-refractivity contribution in [3.8, 4) is 0 Å². The van der Waals surface area contributed by atoms with Crippen molar-refractivity contribution in [3.63, 3.8) is 0 Å². The predicted octanol–water partition coefficient (Wildman–Crippen LogP) is 1.54. The second kappa shape index (κ2) is 6.82. The maximum absolute atomic E-state index is 5.96. The first kappa shape index (κ1) is 13.4. The maximum Gasteiger partial charge on any atom is 0.0208 e. The van der Waals surface area contributed by atoms with E-state index in [4.69, 9.17) is 5.73 Å². The number of benzene rings is 1. The summed E-state index contributed by atoms with van der Waals surface area (Å²) in [4.78, 5) is 2.12. The van der Waals surface area contributed by atoms with Crippen molar-refractivity contribution >= 4 is 12.4 Å². The van der Waals surface area contributed by atoms with Crippen LogP contribution >= 0.6 is 12.4 Å². The van der Waals surface area contributed by atoms with Crippen molar-refractivity contribution < 1.29 is 0 Å². The first-order chi connectivity index (χ1) is 6.18.